The molecule has 1 saturated heterocycles. The monoisotopic (exact) mass is 239 g/mol. The Kier molecular flexibility index (Phi) is 2.50. The second-order valence-electron chi connectivity index (χ2n) is 3.59. The first kappa shape index (κ1) is 11.0. The molecule has 1 aliphatic heterocycles. The Morgan fingerprint density at radius 2 is 2.00 bits per heavy atom. The lowest BCUT2D eigenvalue weighted by molar-refractivity contribution is -0.214. The SMILES string of the molecule is CC1(C)OC(=O)C(=NNc2ncn[nH]2)C(=O)O1. The van der Waals surface area contributed by atoms with Crippen LogP contribution in [0.2, 0.25) is 0 Å². The number of hydrogen-bond acceptors (Lipinski definition) is 8. The number of carbonyl (C=O) groups is 2. The quantitative estimate of drug-likeness (QED) is 0.522. The number of rotatable bonds is 2. The zero-order chi connectivity index (χ0) is 12.5. The van der Waals surface area contributed by atoms with E-state index < -0.39 is 23.4 Å². The Morgan fingerprint density at radius 1 is 1.35 bits per heavy atom. The topological polar surface area (TPSA) is 119 Å². The molecule has 2 rings (SSSR count). The summed E-state index contributed by atoms with van der Waals surface area (Å²) in [5, 5.41) is 9.52. The van der Waals surface area contributed by atoms with Crippen molar-refractivity contribution in [3.63, 3.8) is 0 Å². The lowest BCUT2D eigenvalue weighted by atomic mass is 10.3. The minimum Gasteiger partial charge on any atom is -0.418 e. The molecule has 90 valence electrons. The number of cyclic esters (lactones) is 2. The predicted molar refractivity (Wildman–Crippen MR) is 53.7 cm³/mol. The van der Waals surface area contributed by atoms with Gasteiger partial charge in [-0.2, -0.15) is 15.2 Å². The first-order valence-corrected chi connectivity index (χ1v) is 4.64. The molecule has 0 aromatic carbocycles. The van der Waals surface area contributed by atoms with Crippen LogP contribution in [0.15, 0.2) is 11.4 Å². The number of nitrogens with one attached hydrogen (secondary N) is 2. The van der Waals surface area contributed by atoms with E-state index in [1.165, 1.54) is 20.2 Å². The largest absolute Gasteiger partial charge is 0.418 e. The van der Waals surface area contributed by atoms with Crippen LogP contribution in [0.1, 0.15) is 13.8 Å². The van der Waals surface area contributed by atoms with Gasteiger partial charge in [0.2, 0.25) is 5.95 Å². The molecule has 0 bridgehead atoms. The van der Waals surface area contributed by atoms with Crippen LogP contribution in [0.5, 0.6) is 0 Å². The molecule has 0 spiro atoms. The van der Waals surface area contributed by atoms with E-state index in [-0.39, 0.29) is 5.95 Å². The lowest BCUT2D eigenvalue weighted by Gasteiger charge is -2.28. The molecule has 1 aromatic rings. The van der Waals surface area contributed by atoms with E-state index in [2.05, 4.69) is 25.7 Å². The third-order valence-corrected chi connectivity index (χ3v) is 1.75. The second-order valence-corrected chi connectivity index (χ2v) is 3.59. The highest BCUT2D eigenvalue weighted by Gasteiger charge is 2.40. The molecule has 0 saturated carbocycles. The van der Waals surface area contributed by atoms with Gasteiger partial charge < -0.3 is 9.47 Å². The van der Waals surface area contributed by atoms with Crippen LogP contribution in [-0.2, 0) is 19.1 Å². The number of anilines is 1. The van der Waals surface area contributed by atoms with Crippen LogP contribution in [0, 0.1) is 0 Å². The zero-order valence-corrected chi connectivity index (χ0v) is 9.05. The summed E-state index contributed by atoms with van der Waals surface area (Å²) in [7, 11) is 0. The lowest BCUT2D eigenvalue weighted by Crippen LogP contribution is -2.47. The van der Waals surface area contributed by atoms with Crippen LogP contribution < -0.4 is 5.43 Å². The number of hydrogen-bond donors (Lipinski definition) is 2. The third kappa shape index (κ3) is 2.38. The molecule has 2 N–H and O–H groups in total. The van der Waals surface area contributed by atoms with Gasteiger partial charge in [-0.15, -0.1) is 0 Å². The molecule has 17 heavy (non-hydrogen) atoms. The first-order valence-electron chi connectivity index (χ1n) is 4.64. The zero-order valence-electron chi connectivity index (χ0n) is 9.05. The fourth-order valence-electron chi connectivity index (χ4n) is 1.11. The summed E-state index contributed by atoms with van der Waals surface area (Å²) in [4.78, 5) is 26.6. The summed E-state index contributed by atoms with van der Waals surface area (Å²) in [5.41, 5.74) is 1.85. The van der Waals surface area contributed by atoms with E-state index >= 15 is 0 Å². The van der Waals surface area contributed by atoms with Crippen molar-refractivity contribution in [2.75, 3.05) is 5.43 Å². The number of hydrazone groups is 1. The maximum atomic E-state index is 11.4. The smallest absolute Gasteiger partial charge is 0.369 e. The van der Waals surface area contributed by atoms with Gasteiger partial charge in [-0.05, 0) is 0 Å². The Hall–Kier alpha value is -2.45. The molecule has 1 fully saturated rings. The van der Waals surface area contributed by atoms with Gasteiger partial charge >= 0.3 is 11.9 Å². The maximum Gasteiger partial charge on any atom is 0.369 e. The highest BCUT2D eigenvalue weighted by atomic mass is 16.7. The van der Waals surface area contributed by atoms with Crippen LogP contribution in [0.4, 0.5) is 5.95 Å². The van der Waals surface area contributed by atoms with Crippen molar-refractivity contribution in [1.82, 2.24) is 15.2 Å². The summed E-state index contributed by atoms with van der Waals surface area (Å²) >= 11 is 0. The molecule has 0 atom stereocenters. The minimum absolute atomic E-state index is 0.183. The van der Waals surface area contributed by atoms with Gasteiger partial charge in [0.25, 0.3) is 11.5 Å². The van der Waals surface area contributed by atoms with Gasteiger partial charge in [0.1, 0.15) is 6.33 Å². The van der Waals surface area contributed by atoms with Crippen LogP contribution in [0.25, 0.3) is 0 Å². The Morgan fingerprint density at radius 3 is 2.53 bits per heavy atom. The molecule has 0 radical (unpaired) electrons. The van der Waals surface area contributed by atoms with Crippen molar-refractivity contribution in [2.24, 2.45) is 5.10 Å². The number of ether oxygens (including phenoxy) is 2. The van der Waals surface area contributed by atoms with Crippen molar-refractivity contribution in [1.29, 1.82) is 0 Å². The summed E-state index contributed by atoms with van der Waals surface area (Å²) in [6.45, 7) is 2.90. The van der Waals surface area contributed by atoms with Gasteiger partial charge in [0, 0.05) is 13.8 Å². The van der Waals surface area contributed by atoms with E-state index in [4.69, 9.17) is 9.47 Å². The summed E-state index contributed by atoms with van der Waals surface area (Å²) in [6, 6.07) is 0. The Bertz CT molecular complexity index is 456. The van der Waals surface area contributed by atoms with Gasteiger partial charge in [-0.1, -0.05) is 0 Å². The van der Waals surface area contributed by atoms with Crippen molar-refractivity contribution in [3.8, 4) is 0 Å². The molecule has 1 aromatic heterocycles. The van der Waals surface area contributed by atoms with Gasteiger partial charge in [-0.3, -0.25) is 0 Å². The Balaban J connectivity index is 2.13. The molecule has 1 aliphatic rings. The van der Waals surface area contributed by atoms with Gasteiger partial charge in [0.05, 0.1) is 0 Å². The number of esters is 2. The molecule has 2 heterocycles. The average molecular weight is 239 g/mol. The average Bonchev–Trinajstić information content (AvgIpc) is 2.67. The minimum atomic E-state index is -1.28. The van der Waals surface area contributed by atoms with E-state index in [0.29, 0.717) is 0 Å². The maximum absolute atomic E-state index is 11.4. The van der Waals surface area contributed by atoms with E-state index in [1.807, 2.05) is 0 Å². The molecule has 9 heteroatoms. The molecule has 9 nitrogen and oxygen atoms in total. The van der Waals surface area contributed by atoms with Crippen molar-refractivity contribution >= 4 is 23.6 Å². The standard InChI is InChI=1S/C8H9N5O4/c1-8(2)16-5(14)4(6(15)17-8)11-13-7-9-3-10-12-7/h3H,1-2H3,(H2,9,10,12,13). The van der Waals surface area contributed by atoms with Crippen LogP contribution in [0.3, 0.4) is 0 Å². The molecular weight excluding hydrogens is 230 g/mol. The van der Waals surface area contributed by atoms with Crippen LogP contribution in [-0.4, -0.2) is 38.6 Å². The summed E-state index contributed by atoms with van der Waals surface area (Å²) in [5.74, 6) is -2.82. The molecule has 0 aliphatic carbocycles. The van der Waals surface area contributed by atoms with Crippen molar-refractivity contribution in [3.05, 3.63) is 6.33 Å². The van der Waals surface area contributed by atoms with E-state index in [1.54, 1.807) is 0 Å². The van der Waals surface area contributed by atoms with Crippen LogP contribution >= 0.6 is 0 Å². The molecular formula is C8H9N5O4. The fourth-order valence-corrected chi connectivity index (χ4v) is 1.11. The normalized spacial score (nSPS) is 18.4. The van der Waals surface area contributed by atoms with E-state index in [9.17, 15) is 9.59 Å². The number of nitrogens with zero attached hydrogens (tertiary/aromatic N) is 3. The highest BCUT2D eigenvalue weighted by Crippen LogP contribution is 2.17. The van der Waals surface area contributed by atoms with Gasteiger partial charge in [-0.25, -0.2) is 20.1 Å². The van der Waals surface area contributed by atoms with Crippen molar-refractivity contribution < 1.29 is 19.1 Å². The molecule has 0 unspecified atom stereocenters. The molecule has 0 amide bonds. The predicted octanol–water partition coefficient (Wildman–Crippen LogP) is -0.591. The number of H-pyrrole nitrogens is 1. The number of aromatic amines is 1. The summed E-state index contributed by atoms with van der Waals surface area (Å²) in [6.07, 6.45) is 1.24. The number of carbonyl (C=O) groups excluding carboxylic acids is 2. The third-order valence-electron chi connectivity index (χ3n) is 1.75. The van der Waals surface area contributed by atoms with E-state index in [0.717, 1.165) is 0 Å². The fraction of sp³-hybridized carbons (Fsp3) is 0.375. The van der Waals surface area contributed by atoms with Gasteiger partial charge in [0.15, 0.2) is 0 Å². The number of aromatic nitrogens is 3. The first-order chi connectivity index (χ1) is 7.98. The second kappa shape index (κ2) is 3.85. The van der Waals surface area contributed by atoms with Crippen molar-refractivity contribution in [2.45, 2.75) is 19.6 Å². The Labute approximate surface area is 95.2 Å². The summed E-state index contributed by atoms with van der Waals surface area (Å²) < 4.78 is 9.66. The highest BCUT2D eigenvalue weighted by molar-refractivity contribution is 6.63.